The third-order valence-electron chi connectivity index (χ3n) is 1.91. The van der Waals surface area contributed by atoms with Gasteiger partial charge in [0.15, 0.2) is 0 Å². The van der Waals surface area contributed by atoms with Gasteiger partial charge in [0, 0.05) is 6.54 Å². The van der Waals surface area contributed by atoms with Crippen LogP contribution in [0.25, 0.3) is 0 Å². The molecule has 0 aliphatic carbocycles. The fraction of sp³-hybridized carbons (Fsp3) is 0.625. The highest BCUT2D eigenvalue weighted by Crippen LogP contribution is 2.26. The Bertz CT molecular complexity index is 205. The Morgan fingerprint density at radius 1 is 1.67 bits per heavy atom. The molecule has 3 nitrogen and oxygen atoms in total. The second kappa shape index (κ2) is 4.07. The molecule has 0 aromatic heterocycles. The number of nitrogens with zero attached hydrogens (tertiary/aromatic N) is 1. The van der Waals surface area contributed by atoms with Gasteiger partial charge < -0.3 is 0 Å². The van der Waals surface area contributed by atoms with E-state index < -0.39 is 0 Å². The lowest BCUT2D eigenvalue weighted by Gasteiger charge is -2.25. The molecule has 1 N–H and O–H groups in total. The van der Waals surface area contributed by atoms with E-state index in [0.29, 0.717) is 5.25 Å². The summed E-state index contributed by atoms with van der Waals surface area (Å²) in [6.45, 7) is 0.809. The van der Waals surface area contributed by atoms with Crippen LogP contribution in [0.4, 0.5) is 0 Å². The number of hydroxylamine groups is 1. The molecule has 1 radical (unpaired) electrons. The summed E-state index contributed by atoms with van der Waals surface area (Å²) < 4.78 is 4.06. The molecular formula is C8H11N2OS. The summed E-state index contributed by atoms with van der Waals surface area (Å²) in [5.41, 5.74) is 2.87. The Balaban J connectivity index is 1.94. The molecule has 2 aliphatic rings. The Kier molecular flexibility index (Phi) is 2.81. The van der Waals surface area contributed by atoms with Crippen LogP contribution in [0, 0.1) is 0 Å². The van der Waals surface area contributed by atoms with Gasteiger partial charge in [0.1, 0.15) is 6.10 Å². The van der Waals surface area contributed by atoms with Crippen molar-refractivity contribution in [3.63, 3.8) is 0 Å². The lowest BCUT2D eigenvalue weighted by Crippen LogP contribution is -2.34. The minimum Gasteiger partial charge on any atom is -0.293 e. The number of nitrogens with one attached hydrogen (secondary N) is 1. The van der Waals surface area contributed by atoms with Crippen molar-refractivity contribution in [3.8, 4) is 0 Å². The third-order valence-corrected chi connectivity index (χ3v) is 2.92. The van der Waals surface area contributed by atoms with Crippen molar-refractivity contribution in [1.82, 2.24) is 5.48 Å². The van der Waals surface area contributed by atoms with E-state index in [4.69, 9.17) is 4.84 Å². The summed E-state index contributed by atoms with van der Waals surface area (Å²) in [7, 11) is 0. The fourth-order valence-corrected chi connectivity index (χ4v) is 2.06. The maximum atomic E-state index is 5.37. The van der Waals surface area contributed by atoms with Gasteiger partial charge in [-0.15, -0.1) is 0 Å². The van der Waals surface area contributed by atoms with Crippen LogP contribution in [-0.4, -0.2) is 24.1 Å². The van der Waals surface area contributed by atoms with Crippen LogP contribution < -0.4 is 5.48 Å². The molecule has 0 saturated heterocycles. The third kappa shape index (κ3) is 1.88. The SMILES string of the molecule is [C]1=NSC(C2C=CCNO2)CC1. The van der Waals surface area contributed by atoms with Crippen LogP contribution in [0.1, 0.15) is 12.8 Å². The van der Waals surface area contributed by atoms with Gasteiger partial charge in [0.05, 0.1) is 11.5 Å². The summed E-state index contributed by atoms with van der Waals surface area (Å²) in [5.74, 6) is 0. The predicted octanol–water partition coefficient (Wildman–Crippen LogP) is 1.20. The number of hydrogen-bond donors (Lipinski definition) is 1. The first-order chi connectivity index (χ1) is 5.97. The van der Waals surface area contributed by atoms with Gasteiger partial charge in [-0.2, -0.15) is 5.48 Å². The van der Waals surface area contributed by atoms with Crippen LogP contribution in [0.5, 0.6) is 0 Å². The van der Waals surface area contributed by atoms with Crippen LogP contribution in [0.2, 0.25) is 0 Å². The van der Waals surface area contributed by atoms with Gasteiger partial charge in [-0.3, -0.25) is 4.84 Å². The minimum absolute atomic E-state index is 0.176. The molecule has 2 heterocycles. The lowest BCUT2D eigenvalue weighted by atomic mass is 10.1. The van der Waals surface area contributed by atoms with E-state index in [1.54, 1.807) is 11.9 Å². The lowest BCUT2D eigenvalue weighted by molar-refractivity contribution is -0.00279. The molecule has 0 aromatic carbocycles. The molecule has 4 heteroatoms. The molecule has 12 heavy (non-hydrogen) atoms. The Morgan fingerprint density at radius 3 is 3.33 bits per heavy atom. The Morgan fingerprint density at radius 2 is 2.67 bits per heavy atom. The molecule has 0 spiro atoms. The first kappa shape index (κ1) is 8.29. The topological polar surface area (TPSA) is 33.6 Å². The normalized spacial score (nSPS) is 35.3. The molecule has 65 valence electrons. The Hall–Kier alpha value is -0.320. The van der Waals surface area contributed by atoms with Gasteiger partial charge in [-0.25, -0.2) is 4.40 Å². The van der Waals surface area contributed by atoms with Crippen molar-refractivity contribution in [2.24, 2.45) is 4.40 Å². The second-order valence-electron chi connectivity index (χ2n) is 2.79. The maximum Gasteiger partial charge on any atom is 0.111 e. The summed E-state index contributed by atoms with van der Waals surface area (Å²) in [6, 6.07) is 0. The highest BCUT2D eigenvalue weighted by Gasteiger charge is 2.23. The summed E-state index contributed by atoms with van der Waals surface area (Å²) in [6.07, 6.45) is 9.37. The zero-order valence-corrected chi connectivity index (χ0v) is 7.51. The molecule has 2 aliphatic heterocycles. The quantitative estimate of drug-likeness (QED) is 0.490. The van der Waals surface area contributed by atoms with Gasteiger partial charge >= 0.3 is 0 Å². The first-order valence-electron chi connectivity index (χ1n) is 4.11. The van der Waals surface area contributed by atoms with Crippen LogP contribution in [0.3, 0.4) is 0 Å². The first-order valence-corrected chi connectivity index (χ1v) is 4.94. The van der Waals surface area contributed by atoms with Crippen LogP contribution in [-0.2, 0) is 4.84 Å². The van der Waals surface area contributed by atoms with Crippen molar-refractivity contribution in [2.45, 2.75) is 24.2 Å². The molecular weight excluding hydrogens is 172 g/mol. The summed E-state index contributed by atoms with van der Waals surface area (Å²) >= 11 is 1.57. The van der Waals surface area contributed by atoms with E-state index in [-0.39, 0.29) is 6.10 Å². The van der Waals surface area contributed by atoms with Crippen molar-refractivity contribution in [1.29, 1.82) is 0 Å². The van der Waals surface area contributed by atoms with Gasteiger partial charge in [0.25, 0.3) is 0 Å². The fourth-order valence-electron chi connectivity index (χ4n) is 1.27. The minimum atomic E-state index is 0.176. The molecule has 2 unspecified atom stereocenters. The molecule has 2 atom stereocenters. The second-order valence-corrected chi connectivity index (χ2v) is 3.79. The van der Waals surface area contributed by atoms with Crippen molar-refractivity contribution in [2.75, 3.05) is 6.54 Å². The van der Waals surface area contributed by atoms with Crippen LogP contribution >= 0.6 is 11.9 Å². The smallest absolute Gasteiger partial charge is 0.111 e. The largest absolute Gasteiger partial charge is 0.293 e. The van der Waals surface area contributed by atoms with Crippen LogP contribution in [0.15, 0.2) is 16.5 Å². The zero-order chi connectivity index (χ0) is 8.23. The predicted molar refractivity (Wildman–Crippen MR) is 50.1 cm³/mol. The average molecular weight is 183 g/mol. The van der Waals surface area contributed by atoms with Gasteiger partial charge in [0.2, 0.25) is 0 Å². The summed E-state index contributed by atoms with van der Waals surface area (Å²) in [4.78, 5) is 5.37. The molecule has 0 bridgehead atoms. The molecule has 0 fully saturated rings. The van der Waals surface area contributed by atoms with E-state index in [2.05, 4.69) is 28.2 Å². The van der Waals surface area contributed by atoms with Gasteiger partial charge in [-0.1, -0.05) is 12.2 Å². The standard InChI is InChI=1S/C8H11N2OS/c1-3-7(11-9-5-1)8-4-2-6-10-12-8/h1,3,7-9H,2,4-5H2. The van der Waals surface area contributed by atoms with Crippen molar-refractivity contribution < 1.29 is 4.84 Å². The number of rotatable bonds is 1. The van der Waals surface area contributed by atoms with E-state index in [0.717, 1.165) is 19.4 Å². The van der Waals surface area contributed by atoms with Crippen molar-refractivity contribution in [3.05, 3.63) is 12.2 Å². The Labute approximate surface area is 76.4 Å². The summed E-state index contributed by atoms with van der Waals surface area (Å²) in [5, 5.41) is 0.454. The zero-order valence-electron chi connectivity index (χ0n) is 6.69. The van der Waals surface area contributed by atoms with E-state index in [1.807, 2.05) is 0 Å². The highest BCUT2D eigenvalue weighted by molar-refractivity contribution is 7.98. The monoisotopic (exact) mass is 183 g/mol. The molecule has 0 amide bonds. The van der Waals surface area contributed by atoms with Gasteiger partial charge in [-0.05, 0) is 24.8 Å². The average Bonchev–Trinajstić information content (AvgIpc) is 2.21. The van der Waals surface area contributed by atoms with E-state index in [1.165, 1.54) is 0 Å². The van der Waals surface area contributed by atoms with E-state index >= 15 is 0 Å². The number of hydrogen-bond acceptors (Lipinski definition) is 4. The molecule has 0 aromatic rings. The maximum absolute atomic E-state index is 5.37. The van der Waals surface area contributed by atoms with E-state index in [9.17, 15) is 0 Å². The molecule has 0 saturated carbocycles. The molecule has 2 rings (SSSR count). The highest BCUT2D eigenvalue weighted by atomic mass is 32.2. The van der Waals surface area contributed by atoms with Crippen molar-refractivity contribution >= 4 is 18.2 Å².